The minimum atomic E-state index is -0.809. The topological polar surface area (TPSA) is 81.8 Å². The smallest absolute Gasteiger partial charge is 0.264 e. The Morgan fingerprint density at radius 3 is 2.65 bits per heavy atom. The van der Waals surface area contributed by atoms with Crippen LogP contribution in [0.5, 0.6) is 0 Å². The summed E-state index contributed by atoms with van der Waals surface area (Å²) in [4.78, 5) is 28.2. The van der Waals surface area contributed by atoms with E-state index >= 15 is 0 Å². The van der Waals surface area contributed by atoms with E-state index in [9.17, 15) is 18.4 Å². The van der Waals surface area contributed by atoms with Gasteiger partial charge in [0.25, 0.3) is 5.56 Å². The first kappa shape index (κ1) is 14.8. The van der Waals surface area contributed by atoms with Gasteiger partial charge in [-0.2, -0.15) is 5.10 Å². The summed E-state index contributed by atoms with van der Waals surface area (Å²) >= 11 is 0. The van der Waals surface area contributed by atoms with E-state index in [1.807, 2.05) is 0 Å². The highest BCUT2D eigenvalue weighted by Crippen LogP contribution is 2.12. The molecule has 7 nitrogen and oxygen atoms in total. The molecule has 1 N–H and O–H groups in total. The Balaban J connectivity index is 1.83. The number of aryl methyl sites for hydroxylation is 1. The summed E-state index contributed by atoms with van der Waals surface area (Å²) in [6.07, 6.45) is 2.58. The van der Waals surface area contributed by atoms with Gasteiger partial charge in [-0.1, -0.05) is 0 Å². The van der Waals surface area contributed by atoms with Gasteiger partial charge in [-0.25, -0.2) is 13.8 Å². The van der Waals surface area contributed by atoms with Gasteiger partial charge in [0.2, 0.25) is 5.91 Å². The molecule has 3 rings (SSSR count). The van der Waals surface area contributed by atoms with E-state index in [2.05, 4.69) is 15.4 Å². The molecule has 23 heavy (non-hydrogen) atoms. The standard InChI is InChI=1S/C14H11F2N5O2/c1-20-13-11(5-18-20)14(23)21(7-17-13)6-12(22)19-10-3-8(15)2-9(16)4-10/h2-5,7H,6H2,1H3,(H,19,22). The van der Waals surface area contributed by atoms with Gasteiger partial charge in [-0.15, -0.1) is 0 Å². The number of hydrogen-bond donors (Lipinski definition) is 1. The third kappa shape index (κ3) is 2.93. The number of anilines is 1. The lowest BCUT2D eigenvalue weighted by molar-refractivity contribution is -0.116. The van der Waals surface area contributed by atoms with E-state index in [1.54, 1.807) is 7.05 Å². The number of rotatable bonds is 3. The molecule has 0 spiro atoms. The fourth-order valence-corrected chi connectivity index (χ4v) is 2.16. The lowest BCUT2D eigenvalue weighted by Gasteiger charge is -2.07. The monoisotopic (exact) mass is 319 g/mol. The molecule has 0 fully saturated rings. The van der Waals surface area contributed by atoms with Crippen molar-refractivity contribution in [1.29, 1.82) is 0 Å². The molecule has 0 saturated heterocycles. The molecule has 0 unspecified atom stereocenters. The van der Waals surface area contributed by atoms with E-state index in [4.69, 9.17) is 0 Å². The number of aromatic nitrogens is 4. The Hall–Kier alpha value is -3.10. The number of benzene rings is 1. The maximum absolute atomic E-state index is 13.1. The number of carbonyl (C=O) groups excluding carboxylic acids is 1. The van der Waals surface area contributed by atoms with Gasteiger partial charge in [0.15, 0.2) is 5.65 Å². The molecule has 0 aliphatic heterocycles. The Morgan fingerprint density at radius 1 is 1.26 bits per heavy atom. The summed E-state index contributed by atoms with van der Waals surface area (Å²) in [6, 6.07) is 2.65. The van der Waals surface area contributed by atoms with Crippen LogP contribution in [0.1, 0.15) is 0 Å². The molecule has 1 amide bonds. The highest BCUT2D eigenvalue weighted by Gasteiger charge is 2.11. The molecular formula is C14H11F2N5O2. The average molecular weight is 319 g/mol. The van der Waals surface area contributed by atoms with Crippen LogP contribution in [0.15, 0.2) is 35.5 Å². The predicted molar refractivity (Wildman–Crippen MR) is 77.8 cm³/mol. The number of hydrogen-bond acceptors (Lipinski definition) is 4. The Bertz CT molecular complexity index is 943. The van der Waals surface area contributed by atoms with Gasteiger partial charge in [-0.05, 0) is 12.1 Å². The van der Waals surface area contributed by atoms with E-state index in [0.717, 1.165) is 16.7 Å². The quantitative estimate of drug-likeness (QED) is 0.782. The van der Waals surface area contributed by atoms with Crippen molar-refractivity contribution in [1.82, 2.24) is 19.3 Å². The van der Waals surface area contributed by atoms with E-state index < -0.39 is 23.1 Å². The van der Waals surface area contributed by atoms with Crippen LogP contribution >= 0.6 is 0 Å². The van der Waals surface area contributed by atoms with E-state index in [-0.39, 0.29) is 17.6 Å². The minimum Gasteiger partial charge on any atom is -0.324 e. The average Bonchev–Trinajstić information content (AvgIpc) is 2.83. The predicted octanol–water partition coefficient (Wildman–Crippen LogP) is 1.05. The van der Waals surface area contributed by atoms with Gasteiger partial charge in [0, 0.05) is 18.8 Å². The fourth-order valence-electron chi connectivity index (χ4n) is 2.16. The molecule has 3 aromatic rings. The number of nitrogens with zero attached hydrogens (tertiary/aromatic N) is 4. The lowest BCUT2D eigenvalue weighted by atomic mass is 10.3. The second-order valence-corrected chi connectivity index (χ2v) is 4.89. The van der Waals surface area contributed by atoms with Crippen molar-refractivity contribution in [3.8, 4) is 0 Å². The highest BCUT2D eigenvalue weighted by molar-refractivity contribution is 5.90. The van der Waals surface area contributed by atoms with Crippen LogP contribution in [0.4, 0.5) is 14.5 Å². The molecule has 0 bridgehead atoms. The first-order valence-electron chi connectivity index (χ1n) is 6.57. The molecule has 0 radical (unpaired) electrons. The van der Waals surface area contributed by atoms with Crippen molar-refractivity contribution >= 4 is 22.6 Å². The maximum Gasteiger partial charge on any atom is 0.264 e. The Morgan fingerprint density at radius 2 is 1.96 bits per heavy atom. The summed E-state index contributed by atoms with van der Waals surface area (Å²) in [5.41, 5.74) is -0.0569. The van der Waals surface area contributed by atoms with Crippen molar-refractivity contribution < 1.29 is 13.6 Å². The van der Waals surface area contributed by atoms with Crippen LogP contribution in [0.2, 0.25) is 0 Å². The molecule has 0 aliphatic rings. The minimum absolute atomic E-state index is 0.0315. The summed E-state index contributed by atoms with van der Waals surface area (Å²) in [6.45, 7) is -0.338. The zero-order valence-electron chi connectivity index (χ0n) is 12.0. The molecule has 9 heteroatoms. The van der Waals surface area contributed by atoms with Crippen molar-refractivity contribution in [3.63, 3.8) is 0 Å². The molecule has 0 atom stereocenters. The van der Waals surface area contributed by atoms with Crippen LogP contribution in [0, 0.1) is 11.6 Å². The summed E-state index contributed by atoms with van der Waals surface area (Å²) in [7, 11) is 1.64. The SMILES string of the molecule is Cn1ncc2c(=O)n(CC(=O)Nc3cc(F)cc(F)c3)cnc21. The fraction of sp³-hybridized carbons (Fsp3) is 0.143. The van der Waals surface area contributed by atoms with Gasteiger partial charge in [-0.3, -0.25) is 18.8 Å². The van der Waals surface area contributed by atoms with Crippen molar-refractivity contribution in [2.75, 3.05) is 5.32 Å². The first-order valence-corrected chi connectivity index (χ1v) is 6.57. The van der Waals surface area contributed by atoms with E-state index in [1.165, 1.54) is 17.2 Å². The second-order valence-electron chi connectivity index (χ2n) is 4.89. The van der Waals surface area contributed by atoms with Crippen LogP contribution in [-0.2, 0) is 18.4 Å². The molecular weight excluding hydrogens is 308 g/mol. The summed E-state index contributed by atoms with van der Waals surface area (Å²) in [5.74, 6) is -2.23. The first-order chi connectivity index (χ1) is 10.9. The van der Waals surface area contributed by atoms with Crippen LogP contribution in [0.3, 0.4) is 0 Å². The molecule has 118 valence electrons. The third-order valence-electron chi connectivity index (χ3n) is 3.18. The van der Waals surface area contributed by atoms with Crippen molar-refractivity contribution in [3.05, 3.63) is 52.7 Å². The number of carbonyl (C=O) groups is 1. The number of fused-ring (bicyclic) bond motifs is 1. The zero-order chi connectivity index (χ0) is 16.6. The molecule has 0 saturated carbocycles. The van der Waals surface area contributed by atoms with Crippen LogP contribution in [0.25, 0.3) is 11.0 Å². The number of nitrogens with one attached hydrogen (secondary N) is 1. The molecule has 2 aromatic heterocycles. The number of amides is 1. The third-order valence-corrected chi connectivity index (χ3v) is 3.18. The van der Waals surface area contributed by atoms with Crippen LogP contribution in [-0.4, -0.2) is 25.2 Å². The normalized spacial score (nSPS) is 10.9. The number of halogens is 2. The summed E-state index contributed by atoms with van der Waals surface area (Å²) < 4.78 is 28.7. The Kier molecular flexibility index (Phi) is 3.61. The van der Waals surface area contributed by atoms with Gasteiger partial charge in [0.1, 0.15) is 29.9 Å². The van der Waals surface area contributed by atoms with Gasteiger partial charge >= 0.3 is 0 Å². The van der Waals surface area contributed by atoms with Crippen molar-refractivity contribution in [2.45, 2.75) is 6.54 Å². The summed E-state index contributed by atoms with van der Waals surface area (Å²) in [5, 5.41) is 6.52. The van der Waals surface area contributed by atoms with Crippen LogP contribution < -0.4 is 10.9 Å². The zero-order valence-corrected chi connectivity index (χ0v) is 12.0. The molecule has 1 aromatic carbocycles. The van der Waals surface area contributed by atoms with Gasteiger partial charge in [0.05, 0.1) is 6.20 Å². The highest BCUT2D eigenvalue weighted by atomic mass is 19.1. The lowest BCUT2D eigenvalue weighted by Crippen LogP contribution is -2.27. The van der Waals surface area contributed by atoms with Crippen molar-refractivity contribution in [2.24, 2.45) is 7.05 Å². The van der Waals surface area contributed by atoms with E-state index in [0.29, 0.717) is 11.7 Å². The largest absolute Gasteiger partial charge is 0.324 e. The molecule has 0 aliphatic carbocycles. The molecule has 2 heterocycles. The Labute approximate surface area is 128 Å². The second kappa shape index (κ2) is 5.59. The maximum atomic E-state index is 13.1. The van der Waals surface area contributed by atoms with Gasteiger partial charge < -0.3 is 5.32 Å².